The van der Waals surface area contributed by atoms with E-state index >= 15 is 0 Å². The highest BCUT2D eigenvalue weighted by Crippen LogP contribution is 2.22. The third kappa shape index (κ3) is 3.44. The van der Waals surface area contributed by atoms with E-state index in [9.17, 15) is 14.0 Å². The zero-order valence-electron chi connectivity index (χ0n) is 13.5. The van der Waals surface area contributed by atoms with Gasteiger partial charge in [0.2, 0.25) is 0 Å². The zero-order chi connectivity index (χ0) is 17.0. The van der Waals surface area contributed by atoms with Gasteiger partial charge in [0.05, 0.1) is 11.1 Å². The average Bonchev–Trinajstić information content (AvgIpc) is 2.99. The van der Waals surface area contributed by atoms with Crippen LogP contribution in [-0.2, 0) is 0 Å². The maximum Gasteiger partial charge on any atom is 0.321 e. The van der Waals surface area contributed by atoms with Crippen LogP contribution in [0.25, 0.3) is 0 Å². The van der Waals surface area contributed by atoms with Gasteiger partial charge in [-0.25, -0.2) is 9.18 Å². The second kappa shape index (κ2) is 6.95. The molecule has 1 fully saturated rings. The number of amides is 3. The van der Waals surface area contributed by atoms with E-state index in [-0.39, 0.29) is 18.1 Å². The quantitative estimate of drug-likeness (QED) is 0.743. The maximum absolute atomic E-state index is 14.1. The van der Waals surface area contributed by atoms with Crippen LogP contribution in [-0.4, -0.2) is 37.1 Å². The highest BCUT2D eigenvalue weighted by molar-refractivity contribution is 5.99. The van der Waals surface area contributed by atoms with Gasteiger partial charge >= 0.3 is 6.03 Å². The number of urea groups is 1. The molecule has 1 aliphatic rings. The molecule has 1 aromatic carbocycles. The lowest BCUT2D eigenvalue weighted by Crippen LogP contribution is -2.53. The van der Waals surface area contributed by atoms with Crippen molar-refractivity contribution in [3.63, 3.8) is 0 Å². The minimum atomic E-state index is -0.621. The smallest absolute Gasteiger partial charge is 0.321 e. The SMILES string of the molecule is CCC(CC)(CN)NC(=O)c1cc(N2CCNC2=O)ccc1F. The second-order valence-corrected chi connectivity index (χ2v) is 5.69. The van der Waals surface area contributed by atoms with E-state index in [0.717, 1.165) is 0 Å². The molecule has 4 N–H and O–H groups in total. The first-order chi connectivity index (χ1) is 11.0. The van der Waals surface area contributed by atoms with Gasteiger partial charge in [-0.1, -0.05) is 13.8 Å². The van der Waals surface area contributed by atoms with Gasteiger partial charge in [-0.15, -0.1) is 0 Å². The lowest BCUT2D eigenvalue weighted by molar-refractivity contribution is 0.0891. The number of carbonyl (C=O) groups excluding carboxylic acids is 2. The predicted molar refractivity (Wildman–Crippen MR) is 87.0 cm³/mol. The fourth-order valence-electron chi connectivity index (χ4n) is 2.65. The van der Waals surface area contributed by atoms with Crippen molar-refractivity contribution in [3.05, 3.63) is 29.6 Å². The van der Waals surface area contributed by atoms with Crippen LogP contribution in [0.15, 0.2) is 18.2 Å². The van der Waals surface area contributed by atoms with Crippen LogP contribution < -0.4 is 21.3 Å². The van der Waals surface area contributed by atoms with Gasteiger partial charge in [0.25, 0.3) is 5.91 Å². The first-order valence-electron chi connectivity index (χ1n) is 7.84. The van der Waals surface area contributed by atoms with Crippen LogP contribution >= 0.6 is 0 Å². The highest BCUT2D eigenvalue weighted by Gasteiger charge is 2.29. The van der Waals surface area contributed by atoms with E-state index in [4.69, 9.17) is 5.73 Å². The molecule has 0 saturated carbocycles. The van der Waals surface area contributed by atoms with Crippen molar-refractivity contribution in [1.29, 1.82) is 0 Å². The fraction of sp³-hybridized carbons (Fsp3) is 0.500. The lowest BCUT2D eigenvalue weighted by Gasteiger charge is -2.31. The van der Waals surface area contributed by atoms with Gasteiger partial charge in [-0.05, 0) is 31.0 Å². The van der Waals surface area contributed by atoms with E-state index in [1.807, 2.05) is 13.8 Å². The van der Waals surface area contributed by atoms with Crippen LogP contribution in [0.3, 0.4) is 0 Å². The summed E-state index contributed by atoms with van der Waals surface area (Å²) in [6.45, 7) is 5.15. The summed E-state index contributed by atoms with van der Waals surface area (Å²) in [5, 5.41) is 5.52. The molecule has 126 valence electrons. The minimum Gasteiger partial charge on any atom is -0.345 e. The Balaban J connectivity index is 2.28. The summed E-state index contributed by atoms with van der Waals surface area (Å²) in [7, 11) is 0. The first-order valence-corrected chi connectivity index (χ1v) is 7.84. The molecule has 7 heteroatoms. The molecule has 0 bridgehead atoms. The van der Waals surface area contributed by atoms with Crippen molar-refractivity contribution in [3.8, 4) is 0 Å². The molecule has 0 spiro atoms. The summed E-state index contributed by atoms with van der Waals surface area (Å²) in [6, 6.07) is 3.86. The molecule has 0 atom stereocenters. The highest BCUT2D eigenvalue weighted by atomic mass is 19.1. The molecule has 2 rings (SSSR count). The van der Waals surface area contributed by atoms with Gasteiger partial charge in [-0.3, -0.25) is 9.69 Å². The molecule has 0 radical (unpaired) electrons. The number of anilines is 1. The van der Waals surface area contributed by atoms with Gasteiger partial charge in [0.15, 0.2) is 0 Å². The maximum atomic E-state index is 14.1. The number of nitrogens with one attached hydrogen (secondary N) is 2. The van der Waals surface area contributed by atoms with Crippen molar-refractivity contribution >= 4 is 17.6 Å². The number of rotatable bonds is 6. The Kier molecular flexibility index (Phi) is 5.20. The molecular weight excluding hydrogens is 299 g/mol. The van der Waals surface area contributed by atoms with Crippen molar-refractivity contribution in [2.75, 3.05) is 24.5 Å². The molecule has 6 nitrogen and oxygen atoms in total. The van der Waals surface area contributed by atoms with E-state index in [0.29, 0.717) is 31.6 Å². The third-order valence-corrected chi connectivity index (χ3v) is 4.49. The van der Waals surface area contributed by atoms with Gasteiger partial charge in [-0.2, -0.15) is 0 Å². The second-order valence-electron chi connectivity index (χ2n) is 5.69. The van der Waals surface area contributed by atoms with Crippen molar-refractivity contribution in [2.24, 2.45) is 5.73 Å². The van der Waals surface area contributed by atoms with Crippen LogP contribution in [0, 0.1) is 5.82 Å². The summed E-state index contributed by atoms with van der Waals surface area (Å²) in [5.74, 6) is -1.14. The van der Waals surface area contributed by atoms with E-state index < -0.39 is 17.3 Å². The largest absolute Gasteiger partial charge is 0.345 e. The van der Waals surface area contributed by atoms with Crippen LogP contribution in [0.4, 0.5) is 14.9 Å². The molecule has 0 aliphatic carbocycles. The molecule has 1 aromatic rings. The molecule has 1 saturated heterocycles. The van der Waals surface area contributed by atoms with Crippen LogP contribution in [0.1, 0.15) is 37.0 Å². The van der Waals surface area contributed by atoms with E-state index in [1.165, 1.54) is 23.1 Å². The molecular formula is C16H23FN4O2. The lowest BCUT2D eigenvalue weighted by atomic mass is 9.92. The number of nitrogens with zero attached hydrogens (tertiary/aromatic N) is 1. The summed E-state index contributed by atoms with van der Waals surface area (Å²) < 4.78 is 14.1. The van der Waals surface area contributed by atoms with Crippen LogP contribution in [0.2, 0.25) is 0 Å². The number of hydrogen-bond donors (Lipinski definition) is 3. The molecule has 3 amide bonds. The number of benzene rings is 1. The summed E-state index contributed by atoms with van der Waals surface area (Å²) >= 11 is 0. The normalized spacial score (nSPS) is 14.8. The van der Waals surface area contributed by atoms with E-state index in [1.54, 1.807) is 0 Å². The third-order valence-electron chi connectivity index (χ3n) is 4.49. The Bertz CT molecular complexity index is 593. The Labute approximate surface area is 135 Å². The molecule has 23 heavy (non-hydrogen) atoms. The Morgan fingerprint density at radius 2 is 2.13 bits per heavy atom. The molecule has 1 aliphatic heterocycles. The number of halogens is 1. The van der Waals surface area contributed by atoms with Crippen molar-refractivity contribution in [1.82, 2.24) is 10.6 Å². The van der Waals surface area contributed by atoms with E-state index in [2.05, 4.69) is 10.6 Å². The Hall–Kier alpha value is -2.15. The number of nitrogens with two attached hydrogens (primary N) is 1. The summed E-state index contributed by atoms with van der Waals surface area (Å²) in [4.78, 5) is 25.7. The summed E-state index contributed by atoms with van der Waals surface area (Å²) in [5.41, 5.74) is 5.64. The van der Waals surface area contributed by atoms with Gasteiger partial charge < -0.3 is 16.4 Å². The number of carbonyl (C=O) groups is 2. The average molecular weight is 322 g/mol. The van der Waals surface area contributed by atoms with Crippen LogP contribution in [0.5, 0.6) is 0 Å². The fourth-order valence-corrected chi connectivity index (χ4v) is 2.65. The monoisotopic (exact) mass is 322 g/mol. The van der Waals surface area contributed by atoms with Crippen molar-refractivity contribution in [2.45, 2.75) is 32.2 Å². The first kappa shape index (κ1) is 17.2. The zero-order valence-corrected chi connectivity index (χ0v) is 13.5. The summed E-state index contributed by atoms with van der Waals surface area (Å²) in [6.07, 6.45) is 1.31. The molecule has 0 aromatic heterocycles. The van der Waals surface area contributed by atoms with Gasteiger partial charge in [0, 0.05) is 25.3 Å². The molecule has 1 heterocycles. The number of hydrogen-bond acceptors (Lipinski definition) is 3. The standard InChI is InChI=1S/C16H23FN4O2/c1-3-16(4-2,10-18)20-14(22)12-9-11(5-6-13(12)17)21-8-7-19-15(21)23/h5-6,9H,3-4,7-8,10,18H2,1-2H3,(H,19,23)(H,20,22). The Morgan fingerprint density at radius 3 is 2.65 bits per heavy atom. The Morgan fingerprint density at radius 1 is 1.43 bits per heavy atom. The minimum absolute atomic E-state index is 0.0816. The topological polar surface area (TPSA) is 87.5 Å². The van der Waals surface area contributed by atoms with Gasteiger partial charge in [0.1, 0.15) is 5.82 Å². The van der Waals surface area contributed by atoms with Crippen molar-refractivity contribution < 1.29 is 14.0 Å². The molecule has 0 unspecified atom stereocenters. The predicted octanol–water partition coefficient (Wildman–Crippen LogP) is 1.60.